The summed E-state index contributed by atoms with van der Waals surface area (Å²) in [7, 11) is 0. The third-order valence-corrected chi connectivity index (χ3v) is 3.39. The van der Waals surface area contributed by atoms with E-state index in [1.165, 1.54) is 22.1 Å². The third-order valence-electron chi connectivity index (χ3n) is 2.53. The van der Waals surface area contributed by atoms with Gasteiger partial charge < -0.3 is 15.6 Å². The van der Waals surface area contributed by atoms with Crippen molar-refractivity contribution in [3.8, 4) is 0 Å². The zero-order valence-corrected chi connectivity index (χ0v) is 11.4. The van der Waals surface area contributed by atoms with Gasteiger partial charge >= 0.3 is 0 Å². The smallest absolute Gasteiger partial charge is 0.277 e. The molecule has 0 unspecified atom stereocenters. The number of carbonyl (C=O) groups excluding carboxylic acids is 2. The number of hydrogen-bond donors (Lipinski definition) is 2. The number of carbonyl (C=O) groups is 2. The van der Waals surface area contributed by atoms with Crippen molar-refractivity contribution >= 4 is 28.8 Å². The van der Waals surface area contributed by atoms with Crippen LogP contribution in [-0.4, -0.2) is 21.4 Å². The van der Waals surface area contributed by atoms with Crippen LogP contribution in [0, 0.1) is 0 Å². The minimum Gasteiger partial charge on any atom is -0.364 e. The predicted octanol–water partition coefficient (Wildman–Crippen LogP) is 0.676. The number of anilines is 1. The van der Waals surface area contributed by atoms with Crippen molar-refractivity contribution < 1.29 is 9.59 Å². The number of aromatic nitrogens is 2. The maximum atomic E-state index is 11.9. The third kappa shape index (κ3) is 2.91. The molecule has 0 saturated carbocycles. The lowest BCUT2D eigenvalue weighted by molar-refractivity contribution is 0.1000. The largest absolute Gasteiger partial charge is 0.364 e. The normalized spacial score (nSPS) is 10.2. The van der Waals surface area contributed by atoms with E-state index in [1.807, 2.05) is 6.92 Å². The van der Waals surface area contributed by atoms with Gasteiger partial charge in [0.15, 0.2) is 5.01 Å². The molecule has 0 aliphatic carbocycles. The molecule has 2 aromatic heterocycles. The summed E-state index contributed by atoms with van der Waals surface area (Å²) in [4.78, 5) is 38.1. The van der Waals surface area contributed by atoms with Crippen LogP contribution in [0.25, 0.3) is 0 Å². The van der Waals surface area contributed by atoms with Crippen LogP contribution in [0.15, 0.2) is 28.5 Å². The average molecular weight is 292 g/mol. The Balaban J connectivity index is 2.18. The molecule has 2 rings (SSSR count). The molecule has 0 saturated heterocycles. The van der Waals surface area contributed by atoms with Gasteiger partial charge in [0.1, 0.15) is 5.69 Å². The summed E-state index contributed by atoms with van der Waals surface area (Å²) >= 11 is 1.00. The van der Waals surface area contributed by atoms with E-state index in [4.69, 9.17) is 5.73 Å². The summed E-state index contributed by atoms with van der Waals surface area (Å²) in [5.41, 5.74) is 5.52. The second-order valence-corrected chi connectivity index (χ2v) is 4.76. The number of primary amides is 1. The molecule has 104 valence electrons. The summed E-state index contributed by atoms with van der Waals surface area (Å²) in [5, 5.41) is 4.13. The number of rotatable bonds is 4. The Hall–Kier alpha value is -2.48. The molecule has 0 atom stereocenters. The Bertz CT molecular complexity index is 719. The molecule has 0 bridgehead atoms. The van der Waals surface area contributed by atoms with Crippen LogP contribution in [-0.2, 0) is 6.54 Å². The minimum absolute atomic E-state index is 0.0775. The van der Waals surface area contributed by atoms with E-state index in [-0.39, 0.29) is 16.3 Å². The highest BCUT2D eigenvalue weighted by atomic mass is 32.1. The lowest BCUT2D eigenvalue weighted by Gasteiger charge is -2.06. The Morgan fingerprint density at radius 1 is 1.45 bits per heavy atom. The Labute approximate surface area is 118 Å². The second-order valence-electron chi connectivity index (χ2n) is 3.90. The standard InChI is InChI=1S/C12H12N4O3S/c1-2-16-5-7(3-4-9(16)17)14-11(19)8-6-20-12(15-8)10(13)18/h3-6H,2H2,1H3,(H2,13,18)(H,14,19). The van der Waals surface area contributed by atoms with Crippen LogP contribution in [0.5, 0.6) is 0 Å². The summed E-state index contributed by atoms with van der Waals surface area (Å²) in [6, 6.07) is 2.88. The van der Waals surface area contributed by atoms with E-state index in [0.717, 1.165) is 11.3 Å². The van der Waals surface area contributed by atoms with Gasteiger partial charge in [-0.15, -0.1) is 11.3 Å². The maximum absolute atomic E-state index is 11.9. The number of nitrogens with two attached hydrogens (primary N) is 1. The minimum atomic E-state index is -0.673. The van der Waals surface area contributed by atoms with E-state index in [0.29, 0.717) is 12.2 Å². The molecule has 0 aromatic carbocycles. The van der Waals surface area contributed by atoms with Crippen molar-refractivity contribution in [2.75, 3.05) is 5.32 Å². The van der Waals surface area contributed by atoms with Gasteiger partial charge in [-0.3, -0.25) is 14.4 Å². The van der Waals surface area contributed by atoms with E-state index in [2.05, 4.69) is 10.3 Å². The van der Waals surface area contributed by atoms with Gasteiger partial charge in [-0.05, 0) is 13.0 Å². The molecule has 20 heavy (non-hydrogen) atoms. The van der Waals surface area contributed by atoms with Gasteiger partial charge in [0, 0.05) is 24.2 Å². The van der Waals surface area contributed by atoms with Crippen LogP contribution in [0.3, 0.4) is 0 Å². The van der Waals surface area contributed by atoms with Crippen LogP contribution < -0.4 is 16.6 Å². The fraction of sp³-hybridized carbons (Fsp3) is 0.167. The SMILES string of the molecule is CCn1cc(NC(=O)c2csc(C(N)=O)n2)ccc1=O. The molecule has 3 N–H and O–H groups in total. The topological polar surface area (TPSA) is 107 Å². The number of nitrogens with one attached hydrogen (secondary N) is 1. The summed E-state index contributed by atoms with van der Waals surface area (Å²) < 4.78 is 1.46. The molecule has 0 fully saturated rings. The van der Waals surface area contributed by atoms with Crippen LogP contribution in [0.1, 0.15) is 27.2 Å². The Morgan fingerprint density at radius 2 is 2.20 bits per heavy atom. The lowest BCUT2D eigenvalue weighted by atomic mass is 10.3. The van der Waals surface area contributed by atoms with Crippen molar-refractivity contribution in [1.29, 1.82) is 0 Å². The highest BCUT2D eigenvalue weighted by Gasteiger charge is 2.13. The second kappa shape index (κ2) is 5.66. The van der Waals surface area contributed by atoms with Crippen molar-refractivity contribution in [2.24, 2.45) is 5.73 Å². The van der Waals surface area contributed by atoms with E-state index < -0.39 is 11.8 Å². The lowest BCUT2D eigenvalue weighted by Crippen LogP contribution is -2.20. The van der Waals surface area contributed by atoms with Crippen molar-refractivity contribution in [1.82, 2.24) is 9.55 Å². The number of hydrogen-bond acceptors (Lipinski definition) is 5. The average Bonchev–Trinajstić information content (AvgIpc) is 2.91. The van der Waals surface area contributed by atoms with Gasteiger partial charge in [-0.25, -0.2) is 4.98 Å². The van der Waals surface area contributed by atoms with Gasteiger partial charge in [0.25, 0.3) is 17.4 Å². The molecule has 2 heterocycles. The summed E-state index contributed by atoms with van der Waals surface area (Å²) in [6.45, 7) is 2.33. The van der Waals surface area contributed by atoms with Crippen LogP contribution >= 0.6 is 11.3 Å². The molecule has 7 nitrogen and oxygen atoms in total. The zero-order chi connectivity index (χ0) is 14.7. The van der Waals surface area contributed by atoms with Crippen LogP contribution in [0.4, 0.5) is 5.69 Å². The quantitative estimate of drug-likeness (QED) is 0.863. The fourth-order valence-corrected chi connectivity index (χ4v) is 2.19. The van der Waals surface area contributed by atoms with Gasteiger partial charge in [-0.1, -0.05) is 0 Å². The monoisotopic (exact) mass is 292 g/mol. The highest BCUT2D eigenvalue weighted by Crippen LogP contribution is 2.11. The Kier molecular flexibility index (Phi) is 3.94. The molecule has 0 radical (unpaired) electrons. The molecule has 0 aliphatic rings. The molecule has 2 amide bonds. The van der Waals surface area contributed by atoms with E-state index in [1.54, 1.807) is 6.20 Å². The summed E-state index contributed by atoms with van der Waals surface area (Å²) in [5.74, 6) is -1.14. The van der Waals surface area contributed by atoms with Crippen LogP contribution in [0.2, 0.25) is 0 Å². The molecule has 8 heteroatoms. The fourth-order valence-electron chi connectivity index (χ4n) is 1.54. The first-order valence-electron chi connectivity index (χ1n) is 5.78. The van der Waals surface area contributed by atoms with Crippen molar-refractivity contribution in [2.45, 2.75) is 13.5 Å². The van der Waals surface area contributed by atoms with Crippen molar-refractivity contribution in [3.05, 3.63) is 44.8 Å². The first-order valence-corrected chi connectivity index (χ1v) is 6.66. The number of pyridine rings is 1. The van der Waals surface area contributed by atoms with Gasteiger partial charge in [-0.2, -0.15) is 0 Å². The highest BCUT2D eigenvalue weighted by molar-refractivity contribution is 7.11. The maximum Gasteiger partial charge on any atom is 0.277 e. The predicted molar refractivity (Wildman–Crippen MR) is 75.0 cm³/mol. The molecule has 2 aromatic rings. The summed E-state index contributed by atoms with van der Waals surface area (Å²) in [6.07, 6.45) is 1.54. The number of nitrogens with zero attached hydrogens (tertiary/aromatic N) is 2. The van der Waals surface area contributed by atoms with Gasteiger partial charge in [0.05, 0.1) is 5.69 Å². The van der Waals surface area contributed by atoms with E-state index >= 15 is 0 Å². The zero-order valence-electron chi connectivity index (χ0n) is 10.6. The number of aryl methyl sites for hydroxylation is 1. The molecular weight excluding hydrogens is 280 g/mol. The van der Waals surface area contributed by atoms with Crippen molar-refractivity contribution in [3.63, 3.8) is 0 Å². The Morgan fingerprint density at radius 3 is 2.80 bits per heavy atom. The molecule has 0 aliphatic heterocycles. The number of thiazole rings is 1. The first kappa shape index (κ1) is 13.9. The molecular formula is C12H12N4O3S. The number of amides is 2. The molecule has 0 spiro atoms. The van der Waals surface area contributed by atoms with E-state index in [9.17, 15) is 14.4 Å². The first-order chi connectivity index (χ1) is 9.51. The van der Waals surface area contributed by atoms with Gasteiger partial charge in [0.2, 0.25) is 0 Å².